The van der Waals surface area contributed by atoms with Crippen molar-refractivity contribution in [3.8, 4) is 0 Å². The van der Waals surface area contributed by atoms with Crippen molar-refractivity contribution in [1.82, 2.24) is 10.2 Å². The van der Waals surface area contributed by atoms with Crippen LogP contribution >= 0.6 is 0 Å². The smallest absolute Gasteiger partial charge is 0.185 e. The minimum Gasteiger partial charge on any atom is -0.292 e. The van der Waals surface area contributed by atoms with Crippen LogP contribution in [0.2, 0.25) is 0 Å². The Morgan fingerprint density at radius 1 is 1.42 bits per heavy atom. The first-order chi connectivity index (χ1) is 9.11. The molecule has 4 heteroatoms. The molecule has 0 aliphatic rings. The van der Waals surface area contributed by atoms with E-state index in [0.29, 0.717) is 17.7 Å². The lowest BCUT2D eigenvalue weighted by atomic mass is 10.0. The third kappa shape index (κ3) is 3.08. The second-order valence-corrected chi connectivity index (χ2v) is 4.72. The highest BCUT2D eigenvalue weighted by molar-refractivity contribution is 5.95. The van der Waals surface area contributed by atoms with E-state index in [9.17, 15) is 9.18 Å². The number of Topliss-reactive ketones (excluding diaryl/α,β-unsaturated/α-hetero) is 1. The van der Waals surface area contributed by atoms with Crippen LogP contribution in [-0.4, -0.2) is 16.0 Å². The molecule has 0 radical (unpaired) electrons. The molecule has 0 aliphatic carbocycles. The summed E-state index contributed by atoms with van der Waals surface area (Å²) in [6, 6.07) is 8.31. The van der Waals surface area contributed by atoms with Crippen molar-refractivity contribution in [2.24, 2.45) is 5.92 Å². The van der Waals surface area contributed by atoms with Gasteiger partial charge in [0.1, 0.15) is 11.5 Å². The maximum absolute atomic E-state index is 13.5. The SMILES string of the molecule is CCC(C)C(=O)c1cc(Cc2ccccc2F)[nH]n1. The van der Waals surface area contributed by atoms with Gasteiger partial charge < -0.3 is 0 Å². The first kappa shape index (κ1) is 13.5. The molecule has 1 unspecified atom stereocenters. The fraction of sp³-hybridized carbons (Fsp3) is 0.333. The van der Waals surface area contributed by atoms with Gasteiger partial charge in [-0.25, -0.2) is 4.39 Å². The van der Waals surface area contributed by atoms with Gasteiger partial charge in [0.2, 0.25) is 0 Å². The fourth-order valence-electron chi connectivity index (χ4n) is 1.86. The molecule has 2 aromatic rings. The molecule has 0 aliphatic heterocycles. The molecule has 1 heterocycles. The summed E-state index contributed by atoms with van der Waals surface area (Å²) in [6.45, 7) is 3.85. The third-order valence-corrected chi connectivity index (χ3v) is 3.28. The van der Waals surface area contributed by atoms with Crippen molar-refractivity contribution in [2.45, 2.75) is 26.7 Å². The first-order valence-electron chi connectivity index (χ1n) is 6.43. The maximum atomic E-state index is 13.5. The summed E-state index contributed by atoms with van der Waals surface area (Å²) in [6.07, 6.45) is 1.20. The lowest BCUT2D eigenvalue weighted by Crippen LogP contribution is -2.10. The molecule has 3 nitrogen and oxygen atoms in total. The lowest BCUT2D eigenvalue weighted by Gasteiger charge is -2.03. The predicted octanol–water partition coefficient (Wildman–Crippen LogP) is 3.37. The number of rotatable bonds is 5. The van der Waals surface area contributed by atoms with Gasteiger partial charge in [-0.1, -0.05) is 32.0 Å². The number of nitrogens with zero attached hydrogens (tertiary/aromatic N) is 1. The maximum Gasteiger partial charge on any atom is 0.185 e. The van der Waals surface area contributed by atoms with Crippen molar-refractivity contribution < 1.29 is 9.18 Å². The van der Waals surface area contributed by atoms with E-state index >= 15 is 0 Å². The largest absolute Gasteiger partial charge is 0.292 e. The molecule has 0 fully saturated rings. The molecule has 0 saturated heterocycles. The first-order valence-corrected chi connectivity index (χ1v) is 6.43. The quantitative estimate of drug-likeness (QED) is 0.838. The van der Waals surface area contributed by atoms with E-state index in [4.69, 9.17) is 0 Å². The number of hydrogen-bond donors (Lipinski definition) is 1. The monoisotopic (exact) mass is 260 g/mol. The Balaban J connectivity index is 2.14. The molecule has 19 heavy (non-hydrogen) atoms. The summed E-state index contributed by atoms with van der Waals surface area (Å²) in [5.41, 5.74) is 1.77. The zero-order valence-corrected chi connectivity index (χ0v) is 11.1. The Morgan fingerprint density at radius 2 is 2.16 bits per heavy atom. The molecule has 1 N–H and O–H groups in total. The second kappa shape index (κ2) is 5.78. The molecular formula is C15H17FN2O. The highest BCUT2D eigenvalue weighted by Gasteiger charge is 2.16. The Morgan fingerprint density at radius 3 is 2.84 bits per heavy atom. The van der Waals surface area contributed by atoms with Gasteiger partial charge >= 0.3 is 0 Å². The number of H-pyrrole nitrogens is 1. The van der Waals surface area contributed by atoms with Crippen LogP contribution in [0.4, 0.5) is 4.39 Å². The Bertz CT molecular complexity index is 577. The summed E-state index contributed by atoms with van der Waals surface area (Å²) < 4.78 is 13.5. The zero-order valence-electron chi connectivity index (χ0n) is 11.1. The van der Waals surface area contributed by atoms with Crippen molar-refractivity contribution in [1.29, 1.82) is 0 Å². The van der Waals surface area contributed by atoms with Gasteiger partial charge in [-0.2, -0.15) is 5.10 Å². The van der Waals surface area contributed by atoms with E-state index in [2.05, 4.69) is 10.2 Å². The summed E-state index contributed by atoms with van der Waals surface area (Å²) in [7, 11) is 0. The van der Waals surface area contributed by atoms with Crippen molar-refractivity contribution in [3.05, 3.63) is 53.1 Å². The minimum absolute atomic E-state index is 0.0264. The Kier molecular flexibility index (Phi) is 4.10. The highest BCUT2D eigenvalue weighted by atomic mass is 19.1. The number of aromatic amines is 1. The molecule has 1 atom stereocenters. The number of aromatic nitrogens is 2. The number of carbonyl (C=O) groups is 1. The molecule has 0 amide bonds. The van der Waals surface area contributed by atoms with Crippen LogP contribution in [0, 0.1) is 11.7 Å². The normalized spacial score (nSPS) is 12.4. The van der Waals surface area contributed by atoms with Crippen molar-refractivity contribution in [3.63, 3.8) is 0 Å². The summed E-state index contributed by atoms with van der Waals surface area (Å²) in [4.78, 5) is 12.0. The highest BCUT2D eigenvalue weighted by Crippen LogP contribution is 2.15. The number of carbonyl (C=O) groups excluding carboxylic acids is 1. The number of nitrogens with one attached hydrogen (secondary N) is 1. The zero-order chi connectivity index (χ0) is 13.8. The molecule has 0 spiro atoms. The predicted molar refractivity (Wildman–Crippen MR) is 71.6 cm³/mol. The molecular weight excluding hydrogens is 243 g/mol. The van der Waals surface area contributed by atoms with Gasteiger partial charge in [-0.15, -0.1) is 0 Å². The molecule has 1 aromatic heterocycles. The molecule has 0 saturated carbocycles. The van der Waals surface area contributed by atoms with Crippen molar-refractivity contribution >= 4 is 5.78 Å². The number of halogens is 1. The van der Waals surface area contributed by atoms with Gasteiger partial charge in [-0.05, 0) is 24.1 Å². The standard InChI is InChI=1S/C15H17FN2O/c1-3-10(2)15(19)14-9-12(17-18-14)8-11-6-4-5-7-13(11)16/h4-7,9-10H,3,8H2,1-2H3,(H,17,18). The van der Waals surface area contributed by atoms with E-state index in [0.717, 1.165) is 12.1 Å². The second-order valence-electron chi connectivity index (χ2n) is 4.72. The third-order valence-electron chi connectivity index (χ3n) is 3.28. The van der Waals surface area contributed by atoms with Crippen LogP contribution < -0.4 is 0 Å². The van der Waals surface area contributed by atoms with E-state index in [-0.39, 0.29) is 17.5 Å². The van der Waals surface area contributed by atoms with Crippen LogP contribution in [0.25, 0.3) is 0 Å². The summed E-state index contributed by atoms with van der Waals surface area (Å²) >= 11 is 0. The Labute approximate surface area is 111 Å². The molecule has 100 valence electrons. The average molecular weight is 260 g/mol. The fourth-order valence-corrected chi connectivity index (χ4v) is 1.86. The Hall–Kier alpha value is -1.97. The van der Waals surface area contributed by atoms with Crippen LogP contribution in [0.1, 0.15) is 42.0 Å². The van der Waals surface area contributed by atoms with E-state index in [1.807, 2.05) is 13.8 Å². The van der Waals surface area contributed by atoms with Crippen LogP contribution in [0.3, 0.4) is 0 Å². The van der Waals surface area contributed by atoms with Gasteiger partial charge in [0.25, 0.3) is 0 Å². The molecule has 1 aromatic carbocycles. The number of benzene rings is 1. The van der Waals surface area contributed by atoms with E-state index in [1.54, 1.807) is 24.3 Å². The van der Waals surface area contributed by atoms with Crippen LogP contribution in [-0.2, 0) is 6.42 Å². The lowest BCUT2D eigenvalue weighted by molar-refractivity contribution is 0.0922. The minimum atomic E-state index is -0.244. The molecule has 2 rings (SSSR count). The summed E-state index contributed by atoms with van der Waals surface area (Å²) in [5, 5.41) is 6.82. The van der Waals surface area contributed by atoms with Gasteiger partial charge in [0, 0.05) is 18.0 Å². The number of hydrogen-bond acceptors (Lipinski definition) is 2. The van der Waals surface area contributed by atoms with Gasteiger partial charge in [0.05, 0.1) is 0 Å². The van der Waals surface area contributed by atoms with Crippen LogP contribution in [0.5, 0.6) is 0 Å². The van der Waals surface area contributed by atoms with Gasteiger partial charge in [-0.3, -0.25) is 9.89 Å². The number of ketones is 1. The average Bonchev–Trinajstić information content (AvgIpc) is 2.88. The van der Waals surface area contributed by atoms with E-state index < -0.39 is 0 Å². The summed E-state index contributed by atoms with van der Waals surface area (Å²) in [5.74, 6) is -0.255. The van der Waals surface area contributed by atoms with E-state index in [1.165, 1.54) is 6.07 Å². The molecule has 0 bridgehead atoms. The van der Waals surface area contributed by atoms with Gasteiger partial charge in [0.15, 0.2) is 5.78 Å². The topological polar surface area (TPSA) is 45.8 Å². The van der Waals surface area contributed by atoms with Crippen molar-refractivity contribution in [2.75, 3.05) is 0 Å². The van der Waals surface area contributed by atoms with Crippen LogP contribution in [0.15, 0.2) is 30.3 Å².